The monoisotopic (exact) mass is 588 g/mol. The minimum atomic E-state index is -0.467. The van der Waals surface area contributed by atoms with Crippen LogP contribution in [0.2, 0.25) is 10.0 Å². The molecule has 1 aromatic heterocycles. The summed E-state index contributed by atoms with van der Waals surface area (Å²) in [5.41, 5.74) is 4.84. The maximum absolute atomic E-state index is 14.9. The van der Waals surface area contributed by atoms with Crippen LogP contribution >= 0.6 is 23.2 Å². The van der Waals surface area contributed by atoms with Crippen molar-refractivity contribution in [2.75, 3.05) is 25.5 Å². The van der Waals surface area contributed by atoms with Gasteiger partial charge in [-0.2, -0.15) is 0 Å². The molecule has 3 aromatic carbocycles. The van der Waals surface area contributed by atoms with Gasteiger partial charge in [-0.25, -0.2) is 14.4 Å². The highest BCUT2D eigenvalue weighted by Gasteiger charge is 2.25. The highest BCUT2D eigenvalue weighted by molar-refractivity contribution is 6.36. The normalized spacial score (nSPS) is 15.0. The van der Waals surface area contributed by atoms with Crippen LogP contribution in [-0.2, 0) is 6.54 Å². The summed E-state index contributed by atoms with van der Waals surface area (Å²) in [4.78, 5) is 28.9. The second-order valence-corrected chi connectivity index (χ2v) is 10.9. The Kier molecular flexibility index (Phi) is 7.71. The van der Waals surface area contributed by atoms with Crippen molar-refractivity contribution in [1.82, 2.24) is 20.2 Å². The number of piperidine rings is 1. The number of hydrogen-bond donors (Lipinski definition) is 2. The van der Waals surface area contributed by atoms with Gasteiger partial charge in [-0.15, -0.1) is 0 Å². The van der Waals surface area contributed by atoms with Gasteiger partial charge in [0.05, 0.1) is 28.5 Å². The molecule has 6 rings (SSSR count). The summed E-state index contributed by atoms with van der Waals surface area (Å²) < 4.78 is 14.9. The van der Waals surface area contributed by atoms with Crippen LogP contribution in [-0.4, -0.2) is 52.7 Å². The molecule has 0 bridgehead atoms. The van der Waals surface area contributed by atoms with E-state index in [4.69, 9.17) is 33.2 Å². The zero-order valence-electron chi connectivity index (χ0n) is 22.3. The van der Waals surface area contributed by atoms with E-state index >= 15 is 0 Å². The standard InChI is InChI=1S/C31H27Cl2FN6O/c1-35-21-11-13-40(14-12-21)30(41)18-5-8-22(9-6-18)38-31-37-17-19-16-36-29(27-25(33)3-2-4-26(27)34)24-15-20(32)7-10-23(24)28(19)39-31/h2-10,15,17,21,35H,11-14,16H2,1H3,(H,37,38,39). The smallest absolute Gasteiger partial charge is 0.253 e. The molecular formula is C31H27Cl2FN6O. The Bertz CT molecular complexity index is 1630. The van der Waals surface area contributed by atoms with Crippen LogP contribution < -0.4 is 10.6 Å². The fraction of sp³-hybridized carbons (Fsp3) is 0.226. The van der Waals surface area contributed by atoms with Crippen molar-refractivity contribution in [3.05, 3.63) is 105 Å². The summed E-state index contributed by atoms with van der Waals surface area (Å²) in [6.45, 7) is 1.73. The Balaban J connectivity index is 1.27. The number of nitrogens with zero attached hydrogens (tertiary/aromatic N) is 4. The zero-order valence-corrected chi connectivity index (χ0v) is 23.8. The van der Waals surface area contributed by atoms with E-state index in [1.807, 2.05) is 42.3 Å². The first-order valence-corrected chi connectivity index (χ1v) is 14.2. The molecule has 41 heavy (non-hydrogen) atoms. The van der Waals surface area contributed by atoms with Crippen LogP contribution in [0.25, 0.3) is 11.3 Å². The van der Waals surface area contributed by atoms with Gasteiger partial charge in [-0.1, -0.05) is 35.3 Å². The number of aliphatic imine (C=N–C) groups is 1. The molecule has 0 unspecified atom stereocenters. The van der Waals surface area contributed by atoms with Gasteiger partial charge in [0.1, 0.15) is 5.82 Å². The van der Waals surface area contributed by atoms with Crippen molar-refractivity contribution in [3.63, 3.8) is 0 Å². The number of aromatic nitrogens is 2. The SMILES string of the molecule is CNC1CCN(C(=O)c2ccc(Nc3ncc4c(n3)-c3ccc(Cl)cc3C(c3c(F)cccc3Cl)=NC4)cc2)CC1. The van der Waals surface area contributed by atoms with Gasteiger partial charge in [0.25, 0.3) is 5.91 Å². The van der Waals surface area contributed by atoms with Crippen molar-refractivity contribution < 1.29 is 9.18 Å². The van der Waals surface area contributed by atoms with E-state index in [1.54, 1.807) is 30.5 Å². The van der Waals surface area contributed by atoms with Gasteiger partial charge in [-0.3, -0.25) is 9.79 Å². The lowest BCUT2D eigenvalue weighted by molar-refractivity contribution is 0.0707. The first kappa shape index (κ1) is 27.3. The van der Waals surface area contributed by atoms with Crippen LogP contribution in [0.15, 0.2) is 71.9 Å². The molecule has 0 aliphatic carbocycles. The maximum Gasteiger partial charge on any atom is 0.253 e. The number of carbonyl (C=O) groups is 1. The van der Waals surface area contributed by atoms with E-state index in [0.717, 1.165) is 42.7 Å². The molecule has 0 atom stereocenters. The summed E-state index contributed by atoms with van der Waals surface area (Å²) in [6, 6.07) is 17.7. The molecule has 1 saturated heterocycles. The molecule has 208 valence electrons. The van der Waals surface area contributed by atoms with Crippen molar-refractivity contribution in [1.29, 1.82) is 0 Å². The third kappa shape index (κ3) is 5.55. The maximum atomic E-state index is 14.9. The Labute approximate surface area is 247 Å². The van der Waals surface area contributed by atoms with Gasteiger partial charge in [0.15, 0.2) is 0 Å². The van der Waals surface area contributed by atoms with E-state index in [9.17, 15) is 9.18 Å². The average molecular weight is 590 g/mol. The van der Waals surface area contributed by atoms with Crippen molar-refractivity contribution in [3.8, 4) is 11.3 Å². The molecule has 2 aliphatic heterocycles. The zero-order chi connectivity index (χ0) is 28.5. The molecule has 1 amide bonds. The van der Waals surface area contributed by atoms with Crippen LogP contribution in [0.1, 0.15) is 39.9 Å². The largest absolute Gasteiger partial charge is 0.339 e. The molecule has 2 aliphatic rings. The number of nitrogens with one attached hydrogen (secondary N) is 2. The van der Waals surface area contributed by atoms with Crippen LogP contribution in [0.3, 0.4) is 0 Å². The van der Waals surface area contributed by atoms with E-state index in [-0.39, 0.29) is 23.0 Å². The Morgan fingerprint density at radius 3 is 2.54 bits per heavy atom. The molecule has 1 fully saturated rings. The van der Waals surface area contributed by atoms with Gasteiger partial charge < -0.3 is 15.5 Å². The molecule has 0 saturated carbocycles. The molecular weight excluding hydrogens is 562 g/mol. The summed E-state index contributed by atoms with van der Waals surface area (Å²) in [7, 11) is 1.96. The third-order valence-corrected chi connectivity index (χ3v) is 8.09. The summed E-state index contributed by atoms with van der Waals surface area (Å²) in [5, 5.41) is 7.27. The number of hydrogen-bond acceptors (Lipinski definition) is 6. The molecule has 0 radical (unpaired) electrons. The second-order valence-electron chi connectivity index (χ2n) is 10.1. The lowest BCUT2D eigenvalue weighted by atomic mass is 9.95. The predicted molar refractivity (Wildman–Crippen MR) is 161 cm³/mol. The molecule has 0 spiro atoms. The van der Waals surface area contributed by atoms with E-state index in [1.165, 1.54) is 6.07 Å². The van der Waals surface area contributed by atoms with Crippen molar-refractivity contribution in [2.24, 2.45) is 4.99 Å². The minimum absolute atomic E-state index is 0.0356. The van der Waals surface area contributed by atoms with Crippen LogP contribution in [0, 0.1) is 5.82 Å². The quantitative estimate of drug-likeness (QED) is 0.278. The molecule has 7 nitrogen and oxygen atoms in total. The summed E-state index contributed by atoms with van der Waals surface area (Å²) in [5.74, 6) is -0.0513. The van der Waals surface area contributed by atoms with Crippen LogP contribution in [0.5, 0.6) is 0 Å². The number of fused-ring (bicyclic) bond motifs is 3. The van der Waals surface area contributed by atoms with Gasteiger partial charge in [0, 0.05) is 58.3 Å². The first-order chi connectivity index (χ1) is 19.9. The topological polar surface area (TPSA) is 82.5 Å². The Morgan fingerprint density at radius 2 is 1.80 bits per heavy atom. The van der Waals surface area contributed by atoms with Crippen molar-refractivity contribution >= 4 is 46.5 Å². The first-order valence-electron chi connectivity index (χ1n) is 13.4. The number of likely N-dealkylation sites (tertiary alicyclic amines) is 1. The highest BCUT2D eigenvalue weighted by Crippen LogP contribution is 2.35. The summed E-state index contributed by atoms with van der Waals surface area (Å²) >= 11 is 12.8. The van der Waals surface area contributed by atoms with Crippen molar-refractivity contribution in [2.45, 2.75) is 25.4 Å². The molecule has 4 aromatic rings. The van der Waals surface area contributed by atoms with E-state index in [2.05, 4.69) is 15.6 Å². The second kappa shape index (κ2) is 11.6. The number of carbonyl (C=O) groups excluding carboxylic acids is 1. The number of rotatable bonds is 5. The predicted octanol–water partition coefficient (Wildman–Crippen LogP) is 6.51. The lowest BCUT2D eigenvalue weighted by Gasteiger charge is -2.31. The number of halogens is 3. The number of benzene rings is 3. The van der Waals surface area contributed by atoms with Crippen LogP contribution in [0.4, 0.5) is 16.0 Å². The molecule has 2 N–H and O–H groups in total. The summed E-state index contributed by atoms with van der Waals surface area (Å²) in [6.07, 6.45) is 3.62. The third-order valence-electron chi connectivity index (χ3n) is 7.54. The molecule has 10 heteroatoms. The Hall–Kier alpha value is -3.85. The van der Waals surface area contributed by atoms with Gasteiger partial charge >= 0.3 is 0 Å². The fourth-order valence-electron chi connectivity index (χ4n) is 5.30. The number of anilines is 2. The highest BCUT2D eigenvalue weighted by atomic mass is 35.5. The van der Waals surface area contributed by atoms with Gasteiger partial charge in [-0.05, 0) is 68.4 Å². The average Bonchev–Trinajstić information content (AvgIpc) is 3.14. The van der Waals surface area contributed by atoms with Gasteiger partial charge in [0.2, 0.25) is 5.95 Å². The fourth-order valence-corrected chi connectivity index (χ4v) is 5.73. The minimum Gasteiger partial charge on any atom is -0.339 e. The van der Waals surface area contributed by atoms with E-state index in [0.29, 0.717) is 39.5 Å². The lowest BCUT2D eigenvalue weighted by Crippen LogP contribution is -2.43. The Morgan fingerprint density at radius 1 is 1.02 bits per heavy atom. The molecule has 3 heterocycles. The number of amides is 1. The van der Waals surface area contributed by atoms with E-state index < -0.39 is 5.82 Å².